The minimum atomic E-state index is -0.372. The second-order valence-electron chi connectivity index (χ2n) is 8.26. The number of benzene rings is 2. The fourth-order valence-electron chi connectivity index (χ4n) is 4.56. The van der Waals surface area contributed by atoms with Crippen LogP contribution in [-0.4, -0.2) is 29.4 Å². The summed E-state index contributed by atoms with van der Waals surface area (Å²) >= 11 is 6.41. The lowest BCUT2D eigenvalue weighted by Gasteiger charge is -2.15. The highest BCUT2D eigenvalue weighted by Crippen LogP contribution is 2.35. The Morgan fingerprint density at radius 3 is 2.70 bits per heavy atom. The highest BCUT2D eigenvalue weighted by Gasteiger charge is 2.30. The first kappa shape index (κ1) is 19.6. The van der Waals surface area contributed by atoms with Gasteiger partial charge in [0, 0.05) is 29.4 Å². The van der Waals surface area contributed by atoms with Gasteiger partial charge in [-0.1, -0.05) is 54.8 Å². The van der Waals surface area contributed by atoms with Crippen molar-refractivity contribution in [3.05, 3.63) is 64.8 Å². The van der Waals surface area contributed by atoms with Crippen LogP contribution in [0.1, 0.15) is 43.2 Å². The highest BCUT2D eigenvalue weighted by molar-refractivity contribution is 6.31. The molecule has 1 fully saturated rings. The lowest BCUT2D eigenvalue weighted by Crippen LogP contribution is -2.29. The lowest BCUT2D eigenvalue weighted by molar-refractivity contribution is 0.0519. The minimum absolute atomic E-state index is 0.165. The van der Waals surface area contributed by atoms with E-state index in [1.807, 2.05) is 30.3 Å². The number of aromatic nitrogens is 1. The molecule has 30 heavy (non-hydrogen) atoms. The molecule has 2 aliphatic rings. The van der Waals surface area contributed by atoms with Gasteiger partial charge in [-0.25, -0.2) is 0 Å². The van der Waals surface area contributed by atoms with Gasteiger partial charge in [0.2, 0.25) is 0 Å². The van der Waals surface area contributed by atoms with Crippen LogP contribution in [0, 0.1) is 0 Å². The van der Waals surface area contributed by atoms with Crippen molar-refractivity contribution < 1.29 is 4.74 Å². The van der Waals surface area contributed by atoms with E-state index in [9.17, 15) is 0 Å². The van der Waals surface area contributed by atoms with E-state index in [2.05, 4.69) is 28.5 Å². The predicted molar refractivity (Wildman–Crippen MR) is 123 cm³/mol. The number of aromatic amines is 1. The summed E-state index contributed by atoms with van der Waals surface area (Å²) in [6.45, 7) is 0.419. The third-order valence-corrected chi connectivity index (χ3v) is 6.30. The monoisotopic (exact) mass is 422 g/mol. The van der Waals surface area contributed by atoms with Crippen molar-refractivity contribution in [3.8, 4) is 0 Å². The van der Waals surface area contributed by atoms with Gasteiger partial charge in [-0.05, 0) is 36.6 Å². The van der Waals surface area contributed by atoms with Gasteiger partial charge in [-0.2, -0.15) is 0 Å². The summed E-state index contributed by atoms with van der Waals surface area (Å²) in [6.07, 6.45) is 5.19. The van der Waals surface area contributed by atoms with Crippen molar-refractivity contribution >= 4 is 33.9 Å². The van der Waals surface area contributed by atoms with Crippen molar-refractivity contribution in [1.82, 2.24) is 4.98 Å². The van der Waals surface area contributed by atoms with Gasteiger partial charge < -0.3 is 20.8 Å². The number of ether oxygens (including phenoxy) is 1. The predicted octanol–water partition coefficient (Wildman–Crippen LogP) is 5.22. The number of H-pyrrole nitrogens is 1. The molecule has 2 unspecified atom stereocenters. The smallest absolute Gasteiger partial charge is 0.189 e. The van der Waals surface area contributed by atoms with E-state index in [0.29, 0.717) is 12.6 Å². The number of aliphatic imine (C=N–C) groups is 1. The maximum Gasteiger partial charge on any atom is 0.189 e. The number of anilines is 1. The number of hydrogen-bond acceptors (Lipinski definition) is 4. The first-order valence-electron chi connectivity index (χ1n) is 10.7. The molecule has 2 atom stereocenters. The Morgan fingerprint density at radius 1 is 1.13 bits per heavy atom. The molecule has 1 saturated carbocycles. The molecule has 0 amide bonds. The molecular formula is C24H27ClN4O. The Labute approximate surface area is 181 Å². The summed E-state index contributed by atoms with van der Waals surface area (Å²) in [7, 11) is 0. The Hall–Kier alpha value is -2.34. The summed E-state index contributed by atoms with van der Waals surface area (Å²) in [5, 5.41) is 5.48. The largest absolute Gasteiger partial charge is 0.381 e. The summed E-state index contributed by atoms with van der Waals surface area (Å²) in [5.74, 6) is 0. The third-order valence-electron chi connectivity index (χ3n) is 6.08. The lowest BCUT2D eigenvalue weighted by atomic mass is 10.1. The maximum atomic E-state index is 6.41. The summed E-state index contributed by atoms with van der Waals surface area (Å²) in [6, 6.07) is 16.9. The summed E-state index contributed by atoms with van der Waals surface area (Å²) < 4.78 is 6.20. The van der Waals surface area contributed by atoms with E-state index in [4.69, 9.17) is 27.1 Å². The Morgan fingerprint density at radius 2 is 1.93 bits per heavy atom. The molecule has 1 aromatic heterocycles. The Kier molecular flexibility index (Phi) is 5.50. The molecule has 1 aliphatic carbocycles. The molecule has 5 nitrogen and oxygen atoms in total. The summed E-state index contributed by atoms with van der Waals surface area (Å²) in [4.78, 5) is 8.43. The van der Waals surface area contributed by atoms with Gasteiger partial charge >= 0.3 is 0 Å². The van der Waals surface area contributed by atoms with Gasteiger partial charge in [-0.15, -0.1) is 0 Å². The third kappa shape index (κ3) is 3.97. The van der Waals surface area contributed by atoms with Crippen molar-refractivity contribution in [2.45, 2.75) is 50.5 Å². The van der Waals surface area contributed by atoms with Crippen LogP contribution in [0.2, 0.25) is 5.02 Å². The molecule has 156 valence electrons. The molecule has 0 radical (unpaired) electrons. The molecule has 1 aliphatic heterocycles. The zero-order valence-corrected chi connectivity index (χ0v) is 17.7. The molecule has 2 aromatic carbocycles. The Bertz CT molecular complexity index is 1060. The molecule has 4 N–H and O–H groups in total. The fourth-order valence-corrected chi connectivity index (χ4v) is 4.79. The fraction of sp³-hybridized carbons (Fsp3) is 0.375. The van der Waals surface area contributed by atoms with Gasteiger partial charge in [0.05, 0.1) is 22.6 Å². The zero-order valence-electron chi connectivity index (χ0n) is 16.9. The van der Waals surface area contributed by atoms with Crippen LogP contribution in [0.25, 0.3) is 10.9 Å². The molecule has 3 aromatic rings. The number of rotatable bonds is 6. The molecular weight excluding hydrogens is 396 g/mol. The van der Waals surface area contributed by atoms with E-state index in [1.54, 1.807) is 0 Å². The van der Waals surface area contributed by atoms with E-state index in [-0.39, 0.29) is 12.3 Å². The second kappa shape index (κ2) is 8.42. The van der Waals surface area contributed by atoms with Gasteiger partial charge in [0.15, 0.2) is 6.23 Å². The van der Waals surface area contributed by atoms with Crippen LogP contribution >= 0.6 is 11.6 Å². The first-order chi connectivity index (χ1) is 14.7. The maximum absolute atomic E-state index is 6.41. The standard InChI is InChI=1S/C24H27ClN4O/c25-17-11-16-12-21(28-23(16)20(13-17)27-18-8-4-5-9-18)24-29-19(22(14-26)30-24)10-15-6-2-1-3-7-15/h1-3,6-7,11-13,18,22,24,27-28H,4-5,8-10,14,26H2. The number of nitrogens with two attached hydrogens (primary N) is 1. The minimum Gasteiger partial charge on any atom is -0.381 e. The molecule has 6 heteroatoms. The highest BCUT2D eigenvalue weighted by atomic mass is 35.5. The Balaban J connectivity index is 1.44. The topological polar surface area (TPSA) is 75.4 Å². The van der Waals surface area contributed by atoms with E-state index < -0.39 is 0 Å². The zero-order chi connectivity index (χ0) is 20.5. The number of nitrogens with one attached hydrogen (secondary N) is 2. The van der Waals surface area contributed by atoms with E-state index in [1.165, 1.54) is 31.2 Å². The molecule has 0 bridgehead atoms. The van der Waals surface area contributed by atoms with Crippen LogP contribution in [0.3, 0.4) is 0 Å². The second-order valence-corrected chi connectivity index (χ2v) is 8.70. The number of fused-ring (bicyclic) bond motifs is 1. The molecule has 0 saturated heterocycles. The van der Waals surface area contributed by atoms with Crippen molar-refractivity contribution in [1.29, 1.82) is 0 Å². The summed E-state index contributed by atoms with van der Waals surface area (Å²) in [5.41, 5.74) is 11.2. The normalized spacial score (nSPS) is 22.0. The first-order valence-corrected chi connectivity index (χ1v) is 11.1. The van der Waals surface area contributed by atoms with Crippen LogP contribution in [0.15, 0.2) is 53.5 Å². The van der Waals surface area contributed by atoms with Crippen LogP contribution < -0.4 is 11.1 Å². The van der Waals surface area contributed by atoms with Crippen LogP contribution in [0.4, 0.5) is 5.69 Å². The molecule has 0 spiro atoms. The van der Waals surface area contributed by atoms with Crippen molar-refractivity contribution in [2.24, 2.45) is 10.7 Å². The quantitative estimate of drug-likeness (QED) is 0.510. The number of nitrogens with zero attached hydrogens (tertiary/aromatic N) is 1. The van der Waals surface area contributed by atoms with Crippen LogP contribution in [0.5, 0.6) is 0 Å². The number of hydrogen-bond donors (Lipinski definition) is 3. The van der Waals surface area contributed by atoms with E-state index >= 15 is 0 Å². The average Bonchev–Trinajstić information content (AvgIpc) is 3.48. The van der Waals surface area contributed by atoms with Crippen molar-refractivity contribution in [2.75, 3.05) is 11.9 Å². The van der Waals surface area contributed by atoms with Gasteiger partial charge in [0.25, 0.3) is 0 Å². The molecule has 2 heterocycles. The SMILES string of the molecule is NCC1OC(c2cc3cc(Cl)cc(NC4CCCC4)c3[nH]2)N=C1Cc1ccccc1. The van der Waals surface area contributed by atoms with Gasteiger partial charge in [0.1, 0.15) is 6.10 Å². The van der Waals surface area contributed by atoms with Gasteiger partial charge in [-0.3, -0.25) is 4.99 Å². The van der Waals surface area contributed by atoms with Crippen LogP contribution in [-0.2, 0) is 11.2 Å². The number of halogens is 1. The van der Waals surface area contributed by atoms with E-state index in [0.717, 1.165) is 39.4 Å². The average molecular weight is 423 g/mol. The molecule has 5 rings (SSSR count). The van der Waals surface area contributed by atoms with Crippen molar-refractivity contribution in [3.63, 3.8) is 0 Å².